The molecule has 0 radical (unpaired) electrons. The molecule has 0 atom stereocenters. The van der Waals surface area contributed by atoms with E-state index in [-0.39, 0.29) is 74.3 Å². The van der Waals surface area contributed by atoms with E-state index in [1.807, 2.05) is 0 Å². The summed E-state index contributed by atoms with van der Waals surface area (Å²) in [4.78, 5) is 0. The Morgan fingerprint density at radius 1 is 1.45 bits per heavy atom. The minimum absolute atomic E-state index is 0. The molecule has 0 unspecified atom stereocenters. The van der Waals surface area contributed by atoms with Crippen LogP contribution in [-0.4, -0.2) is 31.9 Å². The van der Waals surface area contributed by atoms with Crippen molar-refractivity contribution in [3.8, 4) is 0 Å². The van der Waals surface area contributed by atoms with E-state index in [0.717, 1.165) is 0 Å². The van der Waals surface area contributed by atoms with Crippen molar-refractivity contribution in [1.82, 2.24) is 0 Å². The van der Waals surface area contributed by atoms with Crippen molar-refractivity contribution in [3.63, 3.8) is 0 Å². The predicted molar refractivity (Wildman–Crippen MR) is 35.1 cm³/mol. The first kappa shape index (κ1) is 18.6. The maximum Gasteiger partial charge on any atom is 1.00 e. The van der Waals surface area contributed by atoms with Crippen LogP contribution in [0.4, 0.5) is 0 Å². The summed E-state index contributed by atoms with van der Waals surface area (Å²) in [5, 5.41) is 0. The molecule has 0 aliphatic rings. The van der Waals surface area contributed by atoms with Crippen molar-refractivity contribution in [3.05, 3.63) is 0 Å². The van der Waals surface area contributed by atoms with Crippen molar-refractivity contribution in [1.29, 1.82) is 0 Å². The third-order valence-corrected chi connectivity index (χ3v) is 1.37. The Balaban J connectivity index is -0.0000000533. The second-order valence-electron chi connectivity index (χ2n) is 1.48. The largest absolute Gasteiger partial charge is 1.00 e. The van der Waals surface area contributed by atoms with Crippen LogP contribution in [0.3, 0.4) is 0 Å². The summed E-state index contributed by atoms with van der Waals surface area (Å²) in [6.07, 6.45) is 0. The molecule has 60 valence electrons. The SMILES string of the molecule is CCOCCS(=O)(=O)O.[H-].[H-].[Na+].[Na+]. The molecule has 0 aliphatic heterocycles. The van der Waals surface area contributed by atoms with Crippen molar-refractivity contribution in [2.24, 2.45) is 0 Å². The number of ether oxygens (including phenoxy) is 1. The third kappa shape index (κ3) is 18.7. The van der Waals surface area contributed by atoms with Crippen LogP contribution in [-0.2, 0) is 14.9 Å². The monoisotopic (exact) mass is 202 g/mol. The molecular formula is C4H12Na2O4S. The molecule has 0 saturated carbocycles. The van der Waals surface area contributed by atoms with Crippen LogP contribution < -0.4 is 59.1 Å². The van der Waals surface area contributed by atoms with Crippen LogP contribution in [0.5, 0.6) is 0 Å². The first-order valence-electron chi connectivity index (χ1n) is 2.59. The van der Waals surface area contributed by atoms with E-state index in [1.165, 1.54) is 0 Å². The molecule has 4 nitrogen and oxygen atoms in total. The van der Waals surface area contributed by atoms with E-state index in [0.29, 0.717) is 6.61 Å². The van der Waals surface area contributed by atoms with Crippen molar-refractivity contribution in [2.75, 3.05) is 19.0 Å². The van der Waals surface area contributed by atoms with Gasteiger partial charge in [0.25, 0.3) is 10.1 Å². The molecule has 0 saturated heterocycles. The summed E-state index contributed by atoms with van der Waals surface area (Å²) in [6, 6.07) is 0. The van der Waals surface area contributed by atoms with Gasteiger partial charge in [0.05, 0.1) is 12.4 Å². The zero-order chi connectivity index (χ0) is 7.33. The van der Waals surface area contributed by atoms with Gasteiger partial charge >= 0.3 is 59.1 Å². The topological polar surface area (TPSA) is 63.6 Å². The zero-order valence-electron chi connectivity index (χ0n) is 9.20. The third-order valence-electron chi connectivity index (χ3n) is 0.690. The smallest absolute Gasteiger partial charge is 1.00 e. The van der Waals surface area contributed by atoms with Crippen LogP contribution in [0.1, 0.15) is 9.78 Å². The minimum Gasteiger partial charge on any atom is -1.00 e. The van der Waals surface area contributed by atoms with Crippen LogP contribution in [0.2, 0.25) is 0 Å². The fourth-order valence-electron chi connectivity index (χ4n) is 0.309. The van der Waals surface area contributed by atoms with Gasteiger partial charge in [0.1, 0.15) is 0 Å². The molecule has 0 bridgehead atoms. The standard InChI is InChI=1S/C4H10O4S.2Na.2H/c1-2-8-3-4-9(5,6)7;;;;/h2-4H2,1H3,(H,5,6,7);;;;/q;2*+1;2*-1. The Hall–Kier alpha value is 1.87. The molecule has 0 fully saturated rings. The minimum atomic E-state index is -3.82. The summed E-state index contributed by atoms with van der Waals surface area (Å²) in [6.45, 7) is 2.29. The second-order valence-corrected chi connectivity index (χ2v) is 3.06. The summed E-state index contributed by atoms with van der Waals surface area (Å²) in [7, 11) is -3.82. The number of hydrogen-bond acceptors (Lipinski definition) is 3. The Kier molecular flexibility index (Phi) is 16.8. The van der Waals surface area contributed by atoms with Crippen LogP contribution in [0.15, 0.2) is 0 Å². The van der Waals surface area contributed by atoms with E-state index in [1.54, 1.807) is 6.92 Å². The van der Waals surface area contributed by atoms with Gasteiger partial charge in [0, 0.05) is 6.61 Å². The molecule has 0 aromatic rings. The second kappa shape index (κ2) is 9.95. The molecule has 0 rings (SSSR count). The van der Waals surface area contributed by atoms with E-state index >= 15 is 0 Å². The number of hydrogen-bond donors (Lipinski definition) is 1. The maximum atomic E-state index is 9.98. The predicted octanol–water partition coefficient (Wildman–Crippen LogP) is -5.86. The average Bonchev–Trinajstić information content (AvgIpc) is 1.63. The molecule has 0 amide bonds. The summed E-state index contributed by atoms with van der Waals surface area (Å²) >= 11 is 0. The Morgan fingerprint density at radius 2 is 1.91 bits per heavy atom. The Bertz CT molecular complexity index is 164. The molecule has 0 aliphatic carbocycles. The van der Waals surface area contributed by atoms with Gasteiger partial charge in [0.2, 0.25) is 0 Å². The van der Waals surface area contributed by atoms with Gasteiger partial charge in [-0.1, -0.05) is 0 Å². The van der Waals surface area contributed by atoms with Crippen molar-refractivity contribution in [2.45, 2.75) is 6.92 Å². The maximum absolute atomic E-state index is 9.98. The normalized spacial score (nSPS) is 9.64. The first-order valence-corrected chi connectivity index (χ1v) is 4.20. The van der Waals surface area contributed by atoms with Crippen LogP contribution >= 0.6 is 0 Å². The summed E-state index contributed by atoms with van der Waals surface area (Å²) in [5.74, 6) is -0.319. The van der Waals surface area contributed by atoms with Crippen LogP contribution in [0.25, 0.3) is 0 Å². The van der Waals surface area contributed by atoms with Gasteiger partial charge in [-0.05, 0) is 6.92 Å². The van der Waals surface area contributed by atoms with Crippen molar-refractivity contribution < 1.29 is 79.7 Å². The van der Waals surface area contributed by atoms with E-state index < -0.39 is 10.1 Å². The van der Waals surface area contributed by atoms with E-state index in [4.69, 9.17) is 4.55 Å². The Morgan fingerprint density at radius 3 is 2.18 bits per heavy atom. The summed E-state index contributed by atoms with van der Waals surface area (Å²) in [5.41, 5.74) is 0. The summed E-state index contributed by atoms with van der Waals surface area (Å²) < 4.78 is 32.8. The van der Waals surface area contributed by atoms with Gasteiger partial charge in [-0.25, -0.2) is 0 Å². The molecule has 0 aromatic heterocycles. The van der Waals surface area contributed by atoms with Gasteiger partial charge in [0.15, 0.2) is 0 Å². The van der Waals surface area contributed by atoms with Crippen molar-refractivity contribution >= 4 is 10.1 Å². The van der Waals surface area contributed by atoms with Crippen LogP contribution in [0, 0.1) is 0 Å². The first-order chi connectivity index (χ1) is 4.06. The molecule has 0 heterocycles. The molecule has 11 heavy (non-hydrogen) atoms. The molecule has 0 spiro atoms. The van der Waals surface area contributed by atoms with Gasteiger partial charge in [-0.15, -0.1) is 0 Å². The van der Waals surface area contributed by atoms with Gasteiger partial charge in [-0.3, -0.25) is 4.55 Å². The molecule has 0 aromatic carbocycles. The quantitative estimate of drug-likeness (QED) is 0.280. The fourth-order valence-corrected chi connectivity index (χ4v) is 0.637. The van der Waals surface area contributed by atoms with E-state index in [9.17, 15) is 8.42 Å². The van der Waals surface area contributed by atoms with Gasteiger partial charge < -0.3 is 7.59 Å². The fraction of sp³-hybridized carbons (Fsp3) is 1.00. The molecule has 7 heteroatoms. The molecular weight excluding hydrogens is 190 g/mol. The molecule has 1 N–H and O–H groups in total. The Labute approximate surface area is 114 Å². The zero-order valence-corrected chi connectivity index (χ0v) is 12.0. The van der Waals surface area contributed by atoms with E-state index in [2.05, 4.69) is 4.74 Å². The average molecular weight is 202 g/mol. The van der Waals surface area contributed by atoms with Gasteiger partial charge in [-0.2, -0.15) is 8.42 Å². The number of rotatable bonds is 4.